The first-order valence-corrected chi connectivity index (χ1v) is 11.3. The van der Waals surface area contributed by atoms with Gasteiger partial charge in [-0.25, -0.2) is 5.43 Å². The molecular formula is C27H28N4O3. The van der Waals surface area contributed by atoms with E-state index in [9.17, 15) is 9.59 Å². The monoisotopic (exact) mass is 456 g/mol. The van der Waals surface area contributed by atoms with Crippen LogP contribution < -0.4 is 15.1 Å². The van der Waals surface area contributed by atoms with Crippen molar-refractivity contribution in [1.29, 1.82) is 0 Å². The van der Waals surface area contributed by atoms with Crippen LogP contribution in [0, 0.1) is 0 Å². The standard InChI is InChI=1S/C27H28N4O3/c1-21(32)34-26-13-9-22(10-14-26)19-28-29-27(33)24-11-7-23(8-12-24)20-30-15-17-31(18-16-30)25-5-3-2-4-6-25/h2-14,19H,15-18,20H2,1H3,(H,29,33)/b28-19-. The third-order valence-corrected chi connectivity index (χ3v) is 5.64. The predicted molar refractivity (Wildman–Crippen MR) is 133 cm³/mol. The summed E-state index contributed by atoms with van der Waals surface area (Å²) < 4.78 is 4.99. The summed E-state index contributed by atoms with van der Waals surface area (Å²) in [5.74, 6) is -0.173. The summed E-state index contributed by atoms with van der Waals surface area (Å²) >= 11 is 0. The van der Waals surface area contributed by atoms with Gasteiger partial charge in [-0.1, -0.05) is 30.3 Å². The molecule has 7 nitrogen and oxygen atoms in total. The Hall–Kier alpha value is -3.97. The second kappa shape index (κ2) is 11.2. The van der Waals surface area contributed by atoms with Gasteiger partial charge in [0.05, 0.1) is 6.21 Å². The van der Waals surface area contributed by atoms with Gasteiger partial charge < -0.3 is 9.64 Å². The smallest absolute Gasteiger partial charge is 0.308 e. The fraction of sp³-hybridized carbons (Fsp3) is 0.222. The van der Waals surface area contributed by atoms with Gasteiger partial charge in [0, 0.05) is 50.9 Å². The Bertz CT molecular complexity index is 1120. The van der Waals surface area contributed by atoms with Gasteiger partial charge in [-0.2, -0.15) is 5.10 Å². The maximum absolute atomic E-state index is 12.4. The molecule has 1 aliphatic rings. The first-order valence-electron chi connectivity index (χ1n) is 11.3. The highest BCUT2D eigenvalue weighted by Crippen LogP contribution is 2.17. The van der Waals surface area contributed by atoms with Gasteiger partial charge >= 0.3 is 5.97 Å². The molecule has 3 aromatic rings. The number of hydrogen-bond acceptors (Lipinski definition) is 6. The largest absolute Gasteiger partial charge is 0.427 e. The van der Waals surface area contributed by atoms with Crippen LogP contribution in [-0.4, -0.2) is 49.2 Å². The Balaban J connectivity index is 1.23. The molecule has 0 aromatic heterocycles. The number of carbonyl (C=O) groups excluding carboxylic acids is 2. The van der Waals surface area contributed by atoms with Crippen LogP contribution in [-0.2, 0) is 11.3 Å². The van der Waals surface area contributed by atoms with Crippen LogP contribution in [0.3, 0.4) is 0 Å². The molecule has 1 N–H and O–H groups in total. The van der Waals surface area contributed by atoms with Crippen LogP contribution in [0.15, 0.2) is 84.0 Å². The van der Waals surface area contributed by atoms with Crippen molar-refractivity contribution in [3.8, 4) is 5.75 Å². The number of ether oxygens (including phenoxy) is 1. The topological polar surface area (TPSA) is 74.2 Å². The summed E-state index contributed by atoms with van der Waals surface area (Å²) in [6, 6.07) is 25.0. The maximum atomic E-state index is 12.4. The normalized spacial score (nSPS) is 14.2. The van der Waals surface area contributed by atoms with Gasteiger partial charge in [-0.05, 0) is 59.7 Å². The number of hydrogen-bond donors (Lipinski definition) is 1. The predicted octanol–water partition coefficient (Wildman–Crippen LogP) is 3.70. The highest BCUT2D eigenvalue weighted by Gasteiger charge is 2.17. The van der Waals surface area contributed by atoms with E-state index in [-0.39, 0.29) is 11.9 Å². The quantitative estimate of drug-likeness (QED) is 0.254. The van der Waals surface area contributed by atoms with E-state index in [1.807, 2.05) is 30.3 Å². The van der Waals surface area contributed by atoms with Crippen LogP contribution in [0.5, 0.6) is 5.75 Å². The molecule has 1 heterocycles. The first-order chi connectivity index (χ1) is 16.6. The average Bonchev–Trinajstić information content (AvgIpc) is 2.86. The molecule has 0 bridgehead atoms. The summed E-state index contributed by atoms with van der Waals surface area (Å²) in [5.41, 5.74) is 6.34. The molecule has 0 aliphatic carbocycles. The minimum absolute atomic E-state index is 0.268. The lowest BCUT2D eigenvalue weighted by Crippen LogP contribution is -2.45. The number of carbonyl (C=O) groups is 2. The molecule has 1 fully saturated rings. The number of hydrazone groups is 1. The van der Waals surface area contributed by atoms with Gasteiger partial charge in [0.2, 0.25) is 0 Å². The summed E-state index contributed by atoms with van der Waals surface area (Å²) in [6.45, 7) is 6.25. The molecule has 4 rings (SSSR count). The number of piperazine rings is 1. The summed E-state index contributed by atoms with van der Waals surface area (Å²) in [4.78, 5) is 28.2. The van der Waals surface area contributed by atoms with Crippen molar-refractivity contribution in [3.05, 3.63) is 95.6 Å². The van der Waals surface area contributed by atoms with E-state index in [1.54, 1.807) is 30.5 Å². The number of para-hydroxylation sites is 1. The van der Waals surface area contributed by atoms with Crippen molar-refractivity contribution in [2.24, 2.45) is 5.10 Å². The average molecular weight is 457 g/mol. The fourth-order valence-corrected chi connectivity index (χ4v) is 3.84. The van der Waals surface area contributed by atoms with Crippen molar-refractivity contribution < 1.29 is 14.3 Å². The zero-order valence-electron chi connectivity index (χ0n) is 19.2. The Morgan fingerprint density at radius 3 is 2.24 bits per heavy atom. The summed E-state index contributed by atoms with van der Waals surface area (Å²) in [6.07, 6.45) is 1.54. The van der Waals surface area contributed by atoms with E-state index < -0.39 is 0 Å². The van der Waals surface area contributed by atoms with Crippen molar-refractivity contribution in [2.45, 2.75) is 13.5 Å². The molecule has 1 aliphatic heterocycles. The molecule has 0 unspecified atom stereocenters. The van der Waals surface area contributed by atoms with Gasteiger partial charge in [0.25, 0.3) is 5.91 Å². The molecule has 174 valence electrons. The second-order valence-electron chi connectivity index (χ2n) is 8.16. The lowest BCUT2D eigenvalue weighted by molar-refractivity contribution is -0.131. The number of nitrogens with one attached hydrogen (secondary N) is 1. The van der Waals surface area contributed by atoms with Gasteiger partial charge in [-0.3, -0.25) is 14.5 Å². The van der Waals surface area contributed by atoms with E-state index >= 15 is 0 Å². The van der Waals surface area contributed by atoms with Crippen LogP contribution in [0.2, 0.25) is 0 Å². The molecule has 0 spiro atoms. The Morgan fingerprint density at radius 1 is 0.912 bits per heavy atom. The molecule has 7 heteroatoms. The zero-order valence-corrected chi connectivity index (χ0v) is 19.2. The summed E-state index contributed by atoms with van der Waals surface area (Å²) in [5, 5.41) is 4.01. The van der Waals surface area contributed by atoms with E-state index in [1.165, 1.54) is 18.2 Å². The highest BCUT2D eigenvalue weighted by molar-refractivity contribution is 5.94. The Kier molecular flexibility index (Phi) is 7.67. The number of esters is 1. The van der Waals surface area contributed by atoms with Crippen LogP contribution in [0.1, 0.15) is 28.4 Å². The van der Waals surface area contributed by atoms with Crippen LogP contribution in [0.25, 0.3) is 0 Å². The maximum Gasteiger partial charge on any atom is 0.308 e. The Labute approximate surface area is 199 Å². The van der Waals surface area contributed by atoms with E-state index in [4.69, 9.17) is 4.74 Å². The molecule has 0 radical (unpaired) electrons. The lowest BCUT2D eigenvalue weighted by atomic mass is 10.1. The van der Waals surface area contributed by atoms with Crippen molar-refractivity contribution in [3.63, 3.8) is 0 Å². The number of benzene rings is 3. The van der Waals surface area contributed by atoms with Crippen LogP contribution >= 0.6 is 0 Å². The zero-order chi connectivity index (χ0) is 23.8. The van der Waals surface area contributed by atoms with Gasteiger partial charge in [0.1, 0.15) is 5.75 Å². The Morgan fingerprint density at radius 2 is 1.59 bits per heavy atom. The molecule has 1 amide bonds. The number of amides is 1. The van der Waals surface area contributed by atoms with Crippen molar-refractivity contribution in [2.75, 3.05) is 31.1 Å². The minimum atomic E-state index is -0.370. The van der Waals surface area contributed by atoms with E-state index in [0.29, 0.717) is 11.3 Å². The third kappa shape index (κ3) is 6.52. The fourth-order valence-electron chi connectivity index (χ4n) is 3.84. The van der Waals surface area contributed by atoms with Gasteiger partial charge in [-0.15, -0.1) is 0 Å². The number of anilines is 1. The van der Waals surface area contributed by atoms with Crippen molar-refractivity contribution in [1.82, 2.24) is 10.3 Å². The molecular weight excluding hydrogens is 428 g/mol. The molecule has 1 saturated heterocycles. The number of rotatable bonds is 7. The summed E-state index contributed by atoms with van der Waals surface area (Å²) in [7, 11) is 0. The van der Waals surface area contributed by atoms with Gasteiger partial charge in [0.15, 0.2) is 0 Å². The third-order valence-electron chi connectivity index (χ3n) is 5.64. The highest BCUT2D eigenvalue weighted by atomic mass is 16.5. The van der Waals surface area contributed by atoms with Crippen molar-refractivity contribution >= 4 is 23.8 Å². The minimum Gasteiger partial charge on any atom is -0.427 e. The molecule has 0 atom stereocenters. The van der Waals surface area contributed by atoms with E-state index in [2.05, 4.69) is 44.6 Å². The van der Waals surface area contributed by atoms with Crippen LogP contribution in [0.4, 0.5) is 5.69 Å². The second-order valence-corrected chi connectivity index (χ2v) is 8.16. The lowest BCUT2D eigenvalue weighted by Gasteiger charge is -2.36. The van der Waals surface area contributed by atoms with E-state index in [0.717, 1.165) is 38.3 Å². The SMILES string of the molecule is CC(=O)Oc1ccc(/C=N\NC(=O)c2ccc(CN3CCN(c4ccccc4)CC3)cc2)cc1. The first kappa shape index (κ1) is 23.2. The number of nitrogens with zero attached hydrogens (tertiary/aromatic N) is 3. The molecule has 0 saturated carbocycles. The molecule has 34 heavy (non-hydrogen) atoms. The molecule has 3 aromatic carbocycles.